The Balaban J connectivity index is 1.68. The van der Waals surface area contributed by atoms with Crippen LogP contribution >= 0.6 is 0 Å². The van der Waals surface area contributed by atoms with Crippen molar-refractivity contribution in [3.8, 4) is 34.1 Å². The van der Waals surface area contributed by atoms with Crippen LogP contribution in [-0.4, -0.2) is 48.4 Å². The number of ether oxygens (including phenoxy) is 4. The fourth-order valence-corrected chi connectivity index (χ4v) is 4.77. The van der Waals surface area contributed by atoms with Crippen molar-refractivity contribution < 1.29 is 18.9 Å². The van der Waals surface area contributed by atoms with Gasteiger partial charge in [-0.05, 0) is 72.8 Å². The van der Waals surface area contributed by atoms with Crippen molar-refractivity contribution in [3.63, 3.8) is 0 Å². The molecule has 6 rings (SSSR count). The fourth-order valence-electron chi connectivity index (χ4n) is 4.77. The summed E-state index contributed by atoms with van der Waals surface area (Å²) in [4.78, 5) is 16.5. The molecular formula is C30H26N4O4. The van der Waals surface area contributed by atoms with E-state index >= 15 is 0 Å². The quantitative estimate of drug-likeness (QED) is 0.283. The Morgan fingerprint density at radius 3 is 1.74 bits per heavy atom. The maximum Gasteiger partial charge on any atom is 0.207 e. The zero-order chi connectivity index (χ0) is 26.2. The normalized spacial score (nSPS) is 12.0. The molecule has 8 nitrogen and oxygen atoms in total. The summed E-state index contributed by atoms with van der Waals surface area (Å²) in [5.41, 5.74) is 8.73. The number of aromatic amines is 2. The minimum atomic E-state index is 0.453. The lowest BCUT2D eigenvalue weighted by Crippen LogP contribution is -1.99. The molecule has 0 saturated heterocycles. The summed E-state index contributed by atoms with van der Waals surface area (Å²) >= 11 is 0. The zero-order valence-electron chi connectivity index (χ0n) is 21.5. The van der Waals surface area contributed by atoms with E-state index in [-0.39, 0.29) is 0 Å². The van der Waals surface area contributed by atoms with E-state index in [0.29, 0.717) is 23.0 Å². The third-order valence-electron chi connectivity index (χ3n) is 6.45. The van der Waals surface area contributed by atoms with Crippen LogP contribution in [0.15, 0.2) is 48.5 Å². The lowest BCUT2D eigenvalue weighted by atomic mass is 10.0. The molecule has 0 radical (unpaired) electrons. The monoisotopic (exact) mass is 506 g/mol. The van der Waals surface area contributed by atoms with Gasteiger partial charge in [0.25, 0.3) is 0 Å². The Kier molecular flexibility index (Phi) is 5.84. The SMILES string of the molecule is COc1cc(-c2cc3cc4ccc(cc5nc(cc6nc(cc2[nH]3)C=C6)C=C5)[nH]4)c(OC)c(OC)c1OC. The summed E-state index contributed by atoms with van der Waals surface area (Å²) < 4.78 is 22.8. The molecule has 4 aromatic rings. The molecule has 8 heteroatoms. The number of hydrogen-bond donors (Lipinski definition) is 2. The molecule has 0 saturated carbocycles. The van der Waals surface area contributed by atoms with Crippen LogP contribution in [-0.2, 0) is 0 Å². The summed E-state index contributed by atoms with van der Waals surface area (Å²) in [5.74, 6) is 1.99. The van der Waals surface area contributed by atoms with Gasteiger partial charge in [0.15, 0.2) is 11.5 Å². The molecule has 0 unspecified atom stereocenters. The van der Waals surface area contributed by atoms with Gasteiger partial charge < -0.3 is 28.9 Å². The highest BCUT2D eigenvalue weighted by molar-refractivity contribution is 5.92. The third-order valence-corrected chi connectivity index (χ3v) is 6.45. The summed E-state index contributed by atoms with van der Waals surface area (Å²) in [6.45, 7) is 0. The Labute approximate surface area is 219 Å². The highest BCUT2D eigenvalue weighted by atomic mass is 16.5. The van der Waals surface area contributed by atoms with Crippen LogP contribution in [0.5, 0.6) is 23.0 Å². The second-order valence-electron chi connectivity index (χ2n) is 8.81. The average molecular weight is 507 g/mol. The molecule has 0 amide bonds. The van der Waals surface area contributed by atoms with Crippen LogP contribution in [0.1, 0.15) is 22.8 Å². The molecule has 8 bridgehead atoms. The maximum absolute atomic E-state index is 5.83. The summed E-state index contributed by atoms with van der Waals surface area (Å²) in [5, 5.41) is 0. The number of nitrogens with zero attached hydrogens (tertiary/aromatic N) is 2. The lowest BCUT2D eigenvalue weighted by molar-refractivity contribution is 0.306. The zero-order valence-corrected chi connectivity index (χ0v) is 21.5. The minimum Gasteiger partial charge on any atom is -0.493 e. The van der Waals surface area contributed by atoms with E-state index in [1.165, 1.54) is 0 Å². The predicted molar refractivity (Wildman–Crippen MR) is 151 cm³/mol. The average Bonchev–Trinajstić information content (AvgIpc) is 3.72. The lowest BCUT2D eigenvalue weighted by Gasteiger charge is -2.18. The largest absolute Gasteiger partial charge is 0.493 e. The molecule has 1 aromatic carbocycles. The second kappa shape index (κ2) is 9.48. The van der Waals surface area contributed by atoms with Gasteiger partial charge in [-0.3, -0.25) is 0 Å². The van der Waals surface area contributed by atoms with Crippen molar-refractivity contribution >= 4 is 46.4 Å². The van der Waals surface area contributed by atoms with Gasteiger partial charge in [0.1, 0.15) is 0 Å². The van der Waals surface area contributed by atoms with E-state index in [9.17, 15) is 0 Å². The summed E-state index contributed by atoms with van der Waals surface area (Å²) in [7, 11) is 6.36. The molecule has 0 aliphatic carbocycles. The number of benzene rings is 1. The molecule has 5 heterocycles. The van der Waals surface area contributed by atoms with E-state index in [0.717, 1.165) is 56.0 Å². The van der Waals surface area contributed by atoms with Crippen molar-refractivity contribution in [2.75, 3.05) is 28.4 Å². The fraction of sp³-hybridized carbons (Fsp3) is 0.133. The standard InChI is InChI=1S/C30H26N4O4/c1-35-27-16-25(28(36-2)30(38-4)29(27)37-3)24-14-23-13-21-8-7-19(32-21)11-17-5-6-18(31-17)12-20-9-10-22(33-20)15-26(24)34-23/h5-16,32,34H,1-4H3. The first-order valence-electron chi connectivity index (χ1n) is 12.0. The number of nitrogens with one attached hydrogen (secondary N) is 2. The predicted octanol–water partition coefficient (Wildman–Crippen LogP) is 6.36. The van der Waals surface area contributed by atoms with Crippen LogP contribution in [0, 0.1) is 0 Å². The molecule has 38 heavy (non-hydrogen) atoms. The Morgan fingerprint density at radius 2 is 1.11 bits per heavy atom. The van der Waals surface area contributed by atoms with Gasteiger partial charge in [0, 0.05) is 33.2 Å². The smallest absolute Gasteiger partial charge is 0.207 e. The molecular weight excluding hydrogens is 480 g/mol. The van der Waals surface area contributed by atoms with Crippen molar-refractivity contribution in [1.82, 2.24) is 19.9 Å². The van der Waals surface area contributed by atoms with Gasteiger partial charge in [-0.25, -0.2) is 9.97 Å². The number of fused-ring (bicyclic) bond motifs is 8. The number of aromatic nitrogens is 4. The number of rotatable bonds is 5. The molecule has 2 N–H and O–H groups in total. The topological polar surface area (TPSA) is 94.3 Å². The first-order chi connectivity index (χ1) is 18.6. The summed E-state index contributed by atoms with van der Waals surface area (Å²) in [6.07, 6.45) is 7.95. The van der Waals surface area contributed by atoms with Gasteiger partial charge in [-0.2, -0.15) is 0 Å². The molecule has 2 aliphatic rings. The van der Waals surface area contributed by atoms with E-state index in [1.54, 1.807) is 28.4 Å². The van der Waals surface area contributed by atoms with Gasteiger partial charge in [-0.1, -0.05) is 0 Å². The molecule has 0 atom stereocenters. The number of hydrogen-bond acceptors (Lipinski definition) is 6. The minimum absolute atomic E-state index is 0.453. The highest BCUT2D eigenvalue weighted by Crippen LogP contribution is 2.50. The summed E-state index contributed by atoms with van der Waals surface area (Å²) in [6, 6.07) is 16.1. The van der Waals surface area contributed by atoms with E-state index in [2.05, 4.69) is 22.1 Å². The Bertz CT molecular complexity index is 1780. The number of H-pyrrole nitrogens is 2. The van der Waals surface area contributed by atoms with Crippen molar-refractivity contribution in [1.29, 1.82) is 0 Å². The first kappa shape index (κ1) is 23.4. The maximum atomic E-state index is 5.83. The van der Waals surface area contributed by atoms with Crippen molar-refractivity contribution in [2.45, 2.75) is 0 Å². The van der Waals surface area contributed by atoms with E-state index < -0.39 is 0 Å². The van der Waals surface area contributed by atoms with Gasteiger partial charge in [0.2, 0.25) is 11.5 Å². The molecule has 190 valence electrons. The second-order valence-corrected chi connectivity index (χ2v) is 8.81. The van der Waals surface area contributed by atoms with Gasteiger partial charge >= 0.3 is 0 Å². The van der Waals surface area contributed by atoms with Gasteiger partial charge in [-0.15, -0.1) is 0 Å². The molecule has 0 spiro atoms. The van der Waals surface area contributed by atoms with Crippen LogP contribution in [0.25, 0.3) is 57.5 Å². The van der Waals surface area contributed by atoms with Crippen molar-refractivity contribution in [3.05, 3.63) is 71.3 Å². The van der Waals surface area contributed by atoms with E-state index in [4.69, 9.17) is 28.9 Å². The van der Waals surface area contributed by atoms with Crippen molar-refractivity contribution in [2.24, 2.45) is 0 Å². The third kappa shape index (κ3) is 4.16. The first-order valence-corrected chi connectivity index (χ1v) is 12.0. The van der Waals surface area contributed by atoms with Crippen LogP contribution < -0.4 is 18.9 Å². The molecule has 0 fully saturated rings. The number of methoxy groups -OCH3 is 4. The Hall–Kier alpha value is -4.98. The highest BCUT2D eigenvalue weighted by Gasteiger charge is 2.23. The van der Waals surface area contributed by atoms with Crippen LogP contribution in [0.3, 0.4) is 0 Å². The van der Waals surface area contributed by atoms with E-state index in [1.807, 2.05) is 60.7 Å². The van der Waals surface area contributed by atoms with Crippen LogP contribution in [0.4, 0.5) is 0 Å². The van der Waals surface area contributed by atoms with Crippen LogP contribution in [0.2, 0.25) is 0 Å². The van der Waals surface area contributed by atoms with Gasteiger partial charge in [0.05, 0.1) is 51.2 Å². The molecule has 2 aliphatic heterocycles. The molecule has 3 aromatic heterocycles. The Morgan fingerprint density at radius 1 is 0.500 bits per heavy atom.